The van der Waals surface area contributed by atoms with Gasteiger partial charge >= 0.3 is 5.97 Å². The van der Waals surface area contributed by atoms with Crippen molar-refractivity contribution in [3.8, 4) is 22.6 Å². The number of rotatable bonds is 9. The third-order valence-electron chi connectivity index (χ3n) is 9.12. The number of nitrogens with one attached hydrogen (secondary N) is 1. The molecule has 2 unspecified atom stereocenters. The van der Waals surface area contributed by atoms with E-state index in [9.17, 15) is 4.79 Å². The molecule has 0 saturated heterocycles. The van der Waals surface area contributed by atoms with E-state index in [2.05, 4.69) is 54.4 Å². The number of anilines is 2. The van der Waals surface area contributed by atoms with Gasteiger partial charge in [0.05, 0.1) is 11.6 Å². The lowest BCUT2D eigenvalue weighted by atomic mass is 9.74. The molecule has 0 fully saturated rings. The first-order valence-corrected chi connectivity index (χ1v) is 16.5. The van der Waals surface area contributed by atoms with Gasteiger partial charge < -0.3 is 19.7 Å². The highest BCUT2D eigenvalue weighted by molar-refractivity contribution is 6.20. The number of para-hydroxylation sites is 3. The number of nitrogens with zero attached hydrogens (tertiary/aromatic N) is 1. The lowest BCUT2D eigenvalue weighted by Gasteiger charge is -2.38. The first-order valence-electron chi connectivity index (χ1n) is 16.0. The van der Waals surface area contributed by atoms with E-state index in [-0.39, 0.29) is 17.4 Å². The lowest BCUT2D eigenvalue weighted by molar-refractivity contribution is 0.0224. The van der Waals surface area contributed by atoms with Gasteiger partial charge in [-0.1, -0.05) is 84.9 Å². The van der Waals surface area contributed by atoms with Crippen molar-refractivity contribution in [2.75, 3.05) is 23.3 Å². The van der Waals surface area contributed by atoms with Crippen molar-refractivity contribution in [2.45, 2.75) is 44.2 Å². The van der Waals surface area contributed by atoms with E-state index in [1.54, 1.807) is 0 Å². The molecule has 2 aliphatic heterocycles. The largest absolute Gasteiger partial charge is 0.456 e. The van der Waals surface area contributed by atoms with Crippen LogP contribution in [0, 0.1) is 0 Å². The van der Waals surface area contributed by atoms with Crippen molar-refractivity contribution in [3.63, 3.8) is 0 Å². The Hall–Kier alpha value is -4.74. The normalized spacial score (nSPS) is 15.2. The number of fused-ring (bicyclic) bond motifs is 6. The number of benzene rings is 5. The number of carbonyl (C=O) groups excluding carboxylic acids is 1. The highest BCUT2D eigenvalue weighted by Gasteiger charge is 2.55. The maximum Gasteiger partial charge on any atom is 0.340 e. The van der Waals surface area contributed by atoms with Crippen LogP contribution in [0.25, 0.3) is 11.1 Å². The van der Waals surface area contributed by atoms with Gasteiger partial charge in [0, 0.05) is 57.7 Å². The van der Waals surface area contributed by atoms with Crippen LogP contribution in [0.1, 0.15) is 65.8 Å². The minimum Gasteiger partial charge on any atom is -0.456 e. The Morgan fingerprint density at radius 3 is 1.91 bits per heavy atom. The first-order chi connectivity index (χ1) is 22.5. The minimum absolute atomic E-state index is 0.129. The van der Waals surface area contributed by atoms with E-state index < -0.39 is 5.60 Å². The summed E-state index contributed by atoms with van der Waals surface area (Å²) in [7, 11) is 0. The SMILES string of the molecule is CCN(CC)c1cc2c(c(-c3ccccc3)c1C(CC(C)Cl)Nc1ccccc1)C(=O)OC21c2ccccc2Oc2ccccc21. The Morgan fingerprint density at radius 1 is 0.761 bits per heavy atom. The summed E-state index contributed by atoms with van der Waals surface area (Å²) in [6.45, 7) is 7.92. The van der Waals surface area contributed by atoms with E-state index in [0.29, 0.717) is 23.5 Å². The van der Waals surface area contributed by atoms with Crippen LogP contribution in [0.5, 0.6) is 11.5 Å². The zero-order chi connectivity index (χ0) is 31.8. The summed E-state index contributed by atoms with van der Waals surface area (Å²) in [6.07, 6.45) is 0.642. The average molecular weight is 629 g/mol. The number of ether oxygens (including phenoxy) is 2. The van der Waals surface area contributed by atoms with Gasteiger partial charge in [0.2, 0.25) is 0 Å². The molecule has 232 valence electrons. The van der Waals surface area contributed by atoms with Crippen LogP contribution in [0.3, 0.4) is 0 Å². The van der Waals surface area contributed by atoms with Crippen molar-refractivity contribution in [1.29, 1.82) is 0 Å². The van der Waals surface area contributed by atoms with Gasteiger partial charge in [-0.25, -0.2) is 4.79 Å². The number of alkyl halides is 1. The fourth-order valence-electron chi connectivity index (χ4n) is 7.17. The van der Waals surface area contributed by atoms with Crippen LogP contribution in [-0.2, 0) is 10.3 Å². The highest BCUT2D eigenvalue weighted by Crippen LogP contribution is 2.59. The number of esters is 1. The molecule has 5 aromatic carbocycles. The fourth-order valence-corrected chi connectivity index (χ4v) is 7.35. The van der Waals surface area contributed by atoms with Gasteiger partial charge in [-0.15, -0.1) is 11.6 Å². The van der Waals surface area contributed by atoms with Crippen LogP contribution in [0.15, 0.2) is 115 Å². The van der Waals surface area contributed by atoms with Crippen LogP contribution < -0.4 is 15.0 Å². The molecule has 1 spiro atoms. The summed E-state index contributed by atoms with van der Waals surface area (Å²) in [5.74, 6) is 0.998. The van der Waals surface area contributed by atoms with Gasteiger partial charge in [-0.05, 0) is 63.1 Å². The third kappa shape index (κ3) is 4.90. The molecule has 2 heterocycles. The van der Waals surface area contributed by atoms with Crippen LogP contribution in [0.2, 0.25) is 0 Å². The average Bonchev–Trinajstić information content (AvgIpc) is 3.37. The minimum atomic E-state index is -1.18. The number of halogens is 1. The molecular formula is C40H37ClN2O3. The molecule has 0 amide bonds. The molecular weight excluding hydrogens is 592 g/mol. The second-order valence-electron chi connectivity index (χ2n) is 11.9. The molecule has 0 saturated carbocycles. The van der Waals surface area contributed by atoms with Gasteiger partial charge in [0.1, 0.15) is 11.5 Å². The van der Waals surface area contributed by atoms with Crippen molar-refractivity contribution >= 4 is 28.9 Å². The Kier molecular flexibility index (Phi) is 7.95. The van der Waals surface area contributed by atoms with Gasteiger partial charge in [-0.3, -0.25) is 0 Å². The van der Waals surface area contributed by atoms with E-state index in [4.69, 9.17) is 21.1 Å². The van der Waals surface area contributed by atoms with Crippen LogP contribution in [-0.4, -0.2) is 24.4 Å². The zero-order valence-electron chi connectivity index (χ0n) is 26.3. The van der Waals surface area contributed by atoms with Crippen LogP contribution in [0.4, 0.5) is 11.4 Å². The summed E-state index contributed by atoms with van der Waals surface area (Å²) in [6, 6.07) is 38.2. The lowest BCUT2D eigenvalue weighted by Crippen LogP contribution is -2.33. The Balaban J connectivity index is 1.61. The number of hydrogen-bond acceptors (Lipinski definition) is 5. The van der Waals surface area contributed by atoms with Crippen molar-refractivity contribution in [3.05, 3.63) is 143 Å². The fraction of sp³-hybridized carbons (Fsp3) is 0.225. The van der Waals surface area contributed by atoms with E-state index in [0.717, 1.165) is 57.8 Å². The molecule has 5 aromatic rings. The van der Waals surface area contributed by atoms with Crippen LogP contribution >= 0.6 is 11.6 Å². The van der Waals surface area contributed by atoms with Gasteiger partial charge in [0.25, 0.3) is 0 Å². The first kappa shape index (κ1) is 29.9. The summed E-state index contributed by atoms with van der Waals surface area (Å²) >= 11 is 6.80. The van der Waals surface area contributed by atoms with Crippen molar-refractivity contribution in [1.82, 2.24) is 0 Å². The predicted molar refractivity (Wildman–Crippen MR) is 186 cm³/mol. The molecule has 7 rings (SSSR count). The zero-order valence-corrected chi connectivity index (χ0v) is 27.1. The molecule has 0 aliphatic carbocycles. The molecule has 0 radical (unpaired) electrons. The summed E-state index contributed by atoms with van der Waals surface area (Å²) < 4.78 is 13.1. The topological polar surface area (TPSA) is 50.8 Å². The molecule has 46 heavy (non-hydrogen) atoms. The molecule has 2 atom stereocenters. The summed E-state index contributed by atoms with van der Waals surface area (Å²) in [4.78, 5) is 17.0. The molecule has 1 N–H and O–H groups in total. The molecule has 0 bridgehead atoms. The monoisotopic (exact) mass is 628 g/mol. The maximum absolute atomic E-state index is 14.6. The number of carbonyl (C=O) groups is 1. The second-order valence-corrected chi connectivity index (χ2v) is 12.6. The van der Waals surface area contributed by atoms with Crippen molar-refractivity contribution in [2.24, 2.45) is 0 Å². The molecule has 5 nitrogen and oxygen atoms in total. The molecule has 6 heteroatoms. The van der Waals surface area contributed by atoms with E-state index >= 15 is 0 Å². The van der Waals surface area contributed by atoms with Gasteiger partial charge in [-0.2, -0.15) is 0 Å². The van der Waals surface area contributed by atoms with E-state index in [1.807, 2.05) is 91.9 Å². The Labute approximate surface area is 275 Å². The van der Waals surface area contributed by atoms with Gasteiger partial charge in [0.15, 0.2) is 5.60 Å². The Bertz CT molecular complexity index is 1840. The number of hydrogen-bond donors (Lipinski definition) is 1. The molecule has 0 aromatic heterocycles. The van der Waals surface area contributed by atoms with E-state index in [1.165, 1.54) is 0 Å². The smallest absolute Gasteiger partial charge is 0.340 e. The predicted octanol–water partition coefficient (Wildman–Crippen LogP) is 9.94. The second kappa shape index (κ2) is 12.2. The van der Waals surface area contributed by atoms with Crippen molar-refractivity contribution < 1.29 is 14.3 Å². The quantitative estimate of drug-likeness (QED) is 0.130. The maximum atomic E-state index is 14.6. The Morgan fingerprint density at radius 2 is 1.33 bits per heavy atom. The third-order valence-corrected chi connectivity index (χ3v) is 9.30. The summed E-state index contributed by atoms with van der Waals surface area (Å²) in [5, 5.41) is 3.68. The standard InChI is InChI=1S/C40H37ClN2O3/c1-4-43(5-2)33-25-31-37(39(44)46-40(31)29-20-12-14-22-34(29)45-35-23-15-13-21-30(35)40)36(27-16-8-6-9-17-27)38(33)32(24-26(3)41)42-28-18-10-7-11-19-28/h6-23,25-26,32,42H,4-5,24H2,1-3H3. The molecule has 2 aliphatic rings. The highest BCUT2D eigenvalue weighted by atomic mass is 35.5. The summed E-state index contributed by atoms with van der Waals surface area (Å²) in [5.41, 5.74) is 6.73.